The van der Waals surface area contributed by atoms with E-state index in [9.17, 15) is 14.3 Å². The molecule has 0 aliphatic heterocycles. The molecular weight excluding hydrogens is 293 g/mol. The fraction of sp³-hybridized carbons (Fsp3) is 0.267. The molecule has 0 bridgehead atoms. The highest BCUT2D eigenvalue weighted by Gasteiger charge is 2.09. The highest BCUT2D eigenvalue weighted by atomic mass is 32.1. The van der Waals surface area contributed by atoms with Crippen molar-refractivity contribution in [3.8, 4) is 5.75 Å². The molecule has 2 rings (SSSR count). The molecule has 1 aromatic heterocycles. The molecule has 0 radical (unpaired) electrons. The van der Waals surface area contributed by atoms with Crippen LogP contribution in [-0.4, -0.2) is 24.2 Å². The number of hydrogen-bond acceptors (Lipinski definition) is 4. The summed E-state index contributed by atoms with van der Waals surface area (Å²) in [4.78, 5) is 11.6. The second-order valence-electron chi connectivity index (χ2n) is 4.43. The average Bonchev–Trinajstić information content (AvgIpc) is 3.00. The van der Waals surface area contributed by atoms with E-state index in [2.05, 4.69) is 5.32 Å². The molecule has 0 saturated carbocycles. The van der Waals surface area contributed by atoms with E-state index in [0.717, 1.165) is 5.56 Å². The van der Waals surface area contributed by atoms with Gasteiger partial charge in [-0.05, 0) is 40.9 Å². The molecule has 1 atom stereocenters. The minimum absolute atomic E-state index is 0.0472. The number of carbonyl (C=O) groups is 1. The maximum absolute atomic E-state index is 13.3. The first-order valence-electron chi connectivity index (χ1n) is 6.51. The molecular formula is C15H16FNO3S. The Labute approximate surface area is 126 Å². The van der Waals surface area contributed by atoms with E-state index in [0.29, 0.717) is 13.0 Å². The molecule has 1 amide bonds. The van der Waals surface area contributed by atoms with Gasteiger partial charge in [-0.1, -0.05) is 12.1 Å². The lowest BCUT2D eigenvalue weighted by atomic mass is 10.1. The van der Waals surface area contributed by atoms with Crippen LogP contribution >= 0.6 is 11.3 Å². The summed E-state index contributed by atoms with van der Waals surface area (Å²) in [7, 11) is 0. The van der Waals surface area contributed by atoms with Crippen LogP contribution < -0.4 is 10.1 Å². The van der Waals surface area contributed by atoms with E-state index >= 15 is 0 Å². The van der Waals surface area contributed by atoms with Gasteiger partial charge in [0, 0.05) is 6.54 Å². The molecule has 0 saturated heterocycles. The molecule has 0 aliphatic rings. The number of nitrogens with one attached hydrogen (secondary N) is 1. The van der Waals surface area contributed by atoms with Gasteiger partial charge in [0.1, 0.15) is 0 Å². The predicted octanol–water partition coefficient (Wildman–Crippen LogP) is 2.51. The van der Waals surface area contributed by atoms with Crippen molar-refractivity contribution in [2.24, 2.45) is 0 Å². The minimum atomic E-state index is -0.593. The molecule has 4 nitrogen and oxygen atoms in total. The number of thiophene rings is 1. The predicted molar refractivity (Wildman–Crippen MR) is 78.8 cm³/mol. The number of amides is 1. The van der Waals surface area contributed by atoms with E-state index in [1.54, 1.807) is 12.1 Å². The van der Waals surface area contributed by atoms with Gasteiger partial charge in [0.05, 0.1) is 6.10 Å². The summed E-state index contributed by atoms with van der Waals surface area (Å²) in [5, 5.41) is 16.2. The van der Waals surface area contributed by atoms with Crippen LogP contribution in [0.3, 0.4) is 0 Å². The van der Waals surface area contributed by atoms with Gasteiger partial charge < -0.3 is 15.2 Å². The van der Waals surface area contributed by atoms with Gasteiger partial charge in [0.15, 0.2) is 18.2 Å². The van der Waals surface area contributed by atoms with Gasteiger partial charge in [-0.25, -0.2) is 4.39 Å². The Morgan fingerprint density at radius 3 is 2.90 bits per heavy atom. The van der Waals surface area contributed by atoms with Crippen LogP contribution in [-0.2, 0) is 4.79 Å². The number of rotatable bonds is 7. The van der Waals surface area contributed by atoms with Crippen LogP contribution in [0.2, 0.25) is 0 Å². The summed E-state index contributed by atoms with van der Waals surface area (Å²) in [6, 6.07) is 7.76. The van der Waals surface area contributed by atoms with Crippen LogP contribution in [0.1, 0.15) is 18.1 Å². The first-order valence-corrected chi connectivity index (χ1v) is 7.45. The third-order valence-corrected chi connectivity index (χ3v) is 3.56. The lowest BCUT2D eigenvalue weighted by Crippen LogP contribution is -2.30. The number of hydrogen-bond donors (Lipinski definition) is 2. The molecule has 1 aromatic carbocycles. The van der Waals surface area contributed by atoms with Gasteiger partial charge in [-0.15, -0.1) is 0 Å². The molecule has 2 N–H and O–H groups in total. The summed E-state index contributed by atoms with van der Waals surface area (Å²) in [5.41, 5.74) is 0.844. The van der Waals surface area contributed by atoms with Crippen molar-refractivity contribution in [3.05, 3.63) is 52.5 Å². The quantitative estimate of drug-likeness (QED) is 0.826. The van der Waals surface area contributed by atoms with Gasteiger partial charge >= 0.3 is 0 Å². The Balaban J connectivity index is 1.67. The van der Waals surface area contributed by atoms with Crippen LogP contribution in [0, 0.1) is 5.82 Å². The number of benzene rings is 1. The van der Waals surface area contributed by atoms with Gasteiger partial charge in [-0.3, -0.25) is 4.79 Å². The number of aliphatic hydroxyl groups is 1. The second kappa shape index (κ2) is 7.75. The fourth-order valence-corrected chi connectivity index (χ4v) is 2.44. The largest absolute Gasteiger partial charge is 0.481 e. The first-order chi connectivity index (χ1) is 10.2. The molecule has 1 heterocycles. The molecule has 21 heavy (non-hydrogen) atoms. The lowest BCUT2D eigenvalue weighted by molar-refractivity contribution is -0.123. The maximum atomic E-state index is 13.3. The Morgan fingerprint density at radius 2 is 2.19 bits per heavy atom. The van der Waals surface area contributed by atoms with Crippen molar-refractivity contribution in [2.75, 3.05) is 13.2 Å². The summed E-state index contributed by atoms with van der Waals surface area (Å²) >= 11 is 1.51. The molecule has 0 aliphatic carbocycles. The molecule has 0 fully saturated rings. The smallest absolute Gasteiger partial charge is 0.257 e. The summed E-state index contributed by atoms with van der Waals surface area (Å²) in [5.74, 6) is -0.806. The van der Waals surface area contributed by atoms with E-state index < -0.39 is 11.9 Å². The number of para-hydroxylation sites is 1. The number of ether oxygens (including phenoxy) is 1. The van der Waals surface area contributed by atoms with Crippen molar-refractivity contribution in [1.82, 2.24) is 5.32 Å². The standard InChI is InChI=1S/C15H16FNO3S/c16-12-3-1-2-4-14(12)20-9-15(19)17-7-5-13(18)11-6-8-21-10-11/h1-4,6,8,10,13,18H,5,7,9H2,(H,17,19)/t13-/m1/s1. The molecule has 112 valence electrons. The van der Waals surface area contributed by atoms with Gasteiger partial charge in [-0.2, -0.15) is 11.3 Å². The molecule has 2 aromatic rings. The second-order valence-corrected chi connectivity index (χ2v) is 5.21. The summed E-state index contributed by atoms with van der Waals surface area (Å²) < 4.78 is 18.3. The number of halogens is 1. The molecule has 0 spiro atoms. The Bertz CT molecular complexity index is 574. The SMILES string of the molecule is O=C(COc1ccccc1F)NCC[C@@H](O)c1ccsc1. The number of aliphatic hydroxyl groups excluding tert-OH is 1. The monoisotopic (exact) mass is 309 g/mol. The zero-order valence-corrected chi connectivity index (χ0v) is 12.1. The first kappa shape index (κ1) is 15.5. The maximum Gasteiger partial charge on any atom is 0.257 e. The normalized spacial score (nSPS) is 11.9. The zero-order valence-electron chi connectivity index (χ0n) is 11.3. The Kier molecular flexibility index (Phi) is 5.71. The summed E-state index contributed by atoms with van der Waals surface area (Å²) in [6.07, 6.45) is -0.175. The average molecular weight is 309 g/mol. The van der Waals surface area contributed by atoms with Crippen molar-refractivity contribution < 1.29 is 19.0 Å². The van der Waals surface area contributed by atoms with E-state index in [1.807, 2.05) is 16.8 Å². The van der Waals surface area contributed by atoms with Crippen molar-refractivity contribution in [3.63, 3.8) is 0 Å². The minimum Gasteiger partial charge on any atom is -0.481 e. The van der Waals surface area contributed by atoms with Crippen LogP contribution in [0.15, 0.2) is 41.1 Å². The van der Waals surface area contributed by atoms with E-state index in [4.69, 9.17) is 4.74 Å². The fourth-order valence-electron chi connectivity index (χ4n) is 1.74. The van der Waals surface area contributed by atoms with Crippen molar-refractivity contribution >= 4 is 17.2 Å². The van der Waals surface area contributed by atoms with Gasteiger partial charge in [0.25, 0.3) is 5.91 Å². The Morgan fingerprint density at radius 1 is 1.38 bits per heavy atom. The van der Waals surface area contributed by atoms with E-state index in [1.165, 1.54) is 23.5 Å². The zero-order chi connectivity index (χ0) is 15.1. The number of carbonyl (C=O) groups excluding carboxylic acids is 1. The Hall–Kier alpha value is -1.92. The topological polar surface area (TPSA) is 58.6 Å². The van der Waals surface area contributed by atoms with Crippen molar-refractivity contribution in [1.29, 1.82) is 0 Å². The lowest BCUT2D eigenvalue weighted by Gasteiger charge is -2.10. The third-order valence-electron chi connectivity index (χ3n) is 2.86. The van der Waals surface area contributed by atoms with Crippen molar-refractivity contribution in [2.45, 2.75) is 12.5 Å². The third kappa shape index (κ3) is 4.84. The summed E-state index contributed by atoms with van der Waals surface area (Å²) in [6.45, 7) is 0.0754. The van der Waals surface area contributed by atoms with Crippen LogP contribution in [0.5, 0.6) is 5.75 Å². The molecule has 0 unspecified atom stereocenters. The molecule has 6 heteroatoms. The highest BCUT2D eigenvalue weighted by molar-refractivity contribution is 7.07. The van der Waals surface area contributed by atoms with Crippen LogP contribution in [0.25, 0.3) is 0 Å². The van der Waals surface area contributed by atoms with Gasteiger partial charge in [0.2, 0.25) is 0 Å². The van der Waals surface area contributed by atoms with E-state index in [-0.39, 0.29) is 18.3 Å². The van der Waals surface area contributed by atoms with Crippen LogP contribution in [0.4, 0.5) is 4.39 Å². The highest BCUT2D eigenvalue weighted by Crippen LogP contribution is 2.18.